The molecule has 1 aliphatic heterocycles. The zero-order chi connectivity index (χ0) is 19.7. The van der Waals surface area contributed by atoms with Crippen LogP contribution in [-0.2, 0) is 0 Å². The van der Waals surface area contributed by atoms with Crippen LogP contribution in [0.5, 0.6) is 0 Å². The zero-order valence-electron chi connectivity index (χ0n) is 17.7. The number of hydrogen-bond acceptors (Lipinski definition) is 2. The number of allylic oxidation sites excluding steroid dienone is 2. The predicted molar refractivity (Wildman–Crippen MR) is 117 cm³/mol. The predicted octanol–water partition coefficient (Wildman–Crippen LogP) is 6.64. The van der Waals surface area contributed by atoms with E-state index in [1.165, 1.54) is 33.5 Å². The average Bonchev–Trinajstić information content (AvgIpc) is 2.61. The van der Waals surface area contributed by atoms with Crippen LogP contribution < -0.4 is 4.90 Å². The molecular formula is C25H32N2. The molecule has 1 aromatic carbocycles. The highest BCUT2D eigenvalue weighted by Gasteiger charge is 2.36. The third-order valence-corrected chi connectivity index (χ3v) is 5.61. The van der Waals surface area contributed by atoms with Crippen molar-refractivity contribution >= 4 is 11.5 Å². The summed E-state index contributed by atoms with van der Waals surface area (Å²) in [6, 6.07) is 15.3. The Kier molecular flexibility index (Phi) is 5.55. The van der Waals surface area contributed by atoms with Gasteiger partial charge in [0, 0.05) is 6.20 Å². The largest absolute Gasteiger partial charge is 0.318 e. The number of rotatable bonds is 4. The van der Waals surface area contributed by atoms with Crippen molar-refractivity contribution in [3.63, 3.8) is 0 Å². The Bertz CT molecular complexity index is 872. The van der Waals surface area contributed by atoms with Crippen LogP contribution in [0.25, 0.3) is 5.70 Å². The Balaban J connectivity index is 2.35. The molecule has 1 aromatic heterocycles. The first kappa shape index (κ1) is 19.4. The van der Waals surface area contributed by atoms with E-state index in [4.69, 9.17) is 4.98 Å². The lowest BCUT2D eigenvalue weighted by atomic mass is 9.79. The first-order valence-corrected chi connectivity index (χ1v) is 10.0. The third-order valence-electron chi connectivity index (χ3n) is 5.61. The van der Waals surface area contributed by atoms with Crippen LogP contribution in [0.3, 0.4) is 0 Å². The van der Waals surface area contributed by atoms with Crippen molar-refractivity contribution in [3.05, 3.63) is 76.5 Å². The molecule has 2 nitrogen and oxygen atoms in total. The zero-order valence-corrected chi connectivity index (χ0v) is 17.7. The molecule has 142 valence electrons. The molecule has 0 bridgehead atoms. The van der Waals surface area contributed by atoms with Crippen LogP contribution in [0.4, 0.5) is 5.82 Å². The Morgan fingerprint density at radius 1 is 0.889 bits per heavy atom. The Hall–Kier alpha value is -2.35. The minimum atomic E-state index is 0.301. The standard InChI is InChI=1S/C25H32N2/c1-16(2)22-19(6)23(17(3)4)27(25-18(5)12-11-15-26-25)24(20(22)7)21-13-9-8-10-14-21/h8-17,23H,1-7H3. The fourth-order valence-electron chi connectivity index (χ4n) is 4.70. The number of aromatic nitrogens is 1. The average molecular weight is 361 g/mol. The summed E-state index contributed by atoms with van der Waals surface area (Å²) in [7, 11) is 0. The minimum Gasteiger partial charge on any atom is -0.318 e. The van der Waals surface area contributed by atoms with Gasteiger partial charge < -0.3 is 4.90 Å². The first-order valence-electron chi connectivity index (χ1n) is 10.0. The summed E-state index contributed by atoms with van der Waals surface area (Å²) < 4.78 is 0. The van der Waals surface area contributed by atoms with E-state index in [0.717, 1.165) is 5.82 Å². The highest BCUT2D eigenvalue weighted by atomic mass is 15.2. The lowest BCUT2D eigenvalue weighted by molar-refractivity contribution is 0.520. The van der Waals surface area contributed by atoms with Gasteiger partial charge in [-0.3, -0.25) is 0 Å². The molecule has 0 fully saturated rings. The smallest absolute Gasteiger partial charge is 0.136 e. The molecule has 1 aliphatic rings. The summed E-state index contributed by atoms with van der Waals surface area (Å²) in [6.07, 6.45) is 1.91. The van der Waals surface area contributed by atoms with Crippen molar-refractivity contribution in [2.24, 2.45) is 11.8 Å². The fourth-order valence-corrected chi connectivity index (χ4v) is 4.70. The van der Waals surface area contributed by atoms with E-state index in [0.29, 0.717) is 17.9 Å². The summed E-state index contributed by atoms with van der Waals surface area (Å²) in [4.78, 5) is 7.31. The molecule has 2 aromatic rings. The molecule has 2 heterocycles. The SMILES string of the molecule is CC1=C(c2ccccc2)N(c2ncccc2C)C(C(C)C)C(C)=C1C(C)C. The summed E-state index contributed by atoms with van der Waals surface area (Å²) in [5, 5.41) is 0. The van der Waals surface area contributed by atoms with Crippen molar-refractivity contribution in [3.8, 4) is 0 Å². The molecule has 1 atom stereocenters. The van der Waals surface area contributed by atoms with Crippen molar-refractivity contribution in [2.45, 2.75) is 54.5 Å². The van der Waals surface area contributed by atoms with Gasteiger partial charge in [0.25, 0.3) is 0 Å². The normalized spacial score (nSPS) is 18.1. The lowest BCUT2D eigenvalue weighted by Crippen LogP contribution is -2.43. The van der Waals surface area contributed by atoms with E-state index in [2.05, 4.69) is 89.8 Å². The number of aryl methyl sites for hydroxylation is 1. The molecule has 0 radical (unpaired) electrons. The van der Waals surface area contributed by atoms with Gasteiger partial charge in [-0.2, -0.15) is 0 Å². The highest BCUT2D eigenvalue weighted by molar-refractivity contribution is 5.86. The maximum Gasteiger partial charge on any atom is 0.136 e. The van der Waals surface area contributed by atoms with Gasteiger partial charge in [-0.25, -0.2) is 4.98 Å². The van der Waals surface area contributed by atoms with Crippen LogP contribution in [0.1, 0.15) is 52.7 Å². The van der Waals surface area contributed by atoms with E-state index in [1.807, 2.05) is 12.3 Å². The van der Waals surface area contributed by atoms with Crippen LogP contribution >= 0.6 is 0 Å². The topological polar surface area (TPSA) is 16.1 Å². The Morgan fingerprint density at radius 3 is 2.11 bits per heavy atom. The first-order chi connectivity index (χ1) is 12.8. The van der Waals surface area contributed by atoms with Gasteiger partial charge in [-0.15, -0.1) is 0 Å². The second-order valence-corrected chi connectivity index (χ2v) is 8.29. The van der Waals surface area contributed by atoms with Gasteiger partial charge in [0.05, 0.1) is 11.7 Å². The molecule has 0 N–H and O–H groups in total. The molecule has 0 aliphatic carbocycles. The molecule has 0 saturated carbocycles. The molecule has 3 rings (SSSR count). The van der Waals surface area contributed by atoms with E-state index in [-0.39, 0.29) is 0 Å². The van der Waals surface area contributed by atoms with Gasteiger partial charge >= 0.3 is 0 Å². The van der Waals surface area contributed by atoms with Crippen molar-refractivity contribution in [2.75, 3.05) is 4.90 Å². The van der Waals surface area contributed by atoms with Crippen molar-refractivity contribution < 1.29 is 0 Å². The number of benzene rings is 1. The Morgan fingerprint density at radius 2 is 1.56 bits per heavy atom. The molecule has 1 unspecified atom stereocenters. The maximum absolute atomic E-state index is 4.82. The number of pyridine rings is 1. The summed E-state index contributed by atoms with van der Waals surface area (Å²) in [6.45, 7) is 16.0. The molecule has 27 heavy (non-hydrogen) atoms. The number of hydrogen-bond donors (Lipinski definition) is 0. The molecular weight excluding hydrogens is 328 g/mol. The van der Waals surface area contributed by atoms with Gasteiger partial charge in [0.15, 0.2) is 0 Å². The highest BCUT2D eigenvalue weighted by Crippen LogP contribution is 2.44. The quantitative estimate of drug-likeness (QED) is 0.607. The number of anilines is 1. The van der Waals surface area contributed by atoms with Gasteiger partial charge in [0.2, 0.25) is 0 Å². The van der Waals surface area contributed by atoms with Crippen molar-refractivity contribution in [1.82, 2.24) is 4.98 Å². The summed E-state index contributed by atoms with van der Waals surface area (Å²) in [5.41, 5.74) is 8.11. The second-order valence-electron chi connectivity index (χ2n) is 8.29. The van der Waals surface area contributed by atoms with Crippen LogP contribution in [0, 0.1) is 18.8 Å². The monoisotopic (exact) mass is 360 g/mol. The molecule has 0 saturated heterocycles. The van der Waals surface area contributed by atoms with E-state index in [9.17, 15) is 0 Å². The van der Waals surface area contributed by atoms with Gasteiger partial charge in [-0.05, 0) is 66.5 Å². The van der Waals surface area contributed by atoms with Crippen molar-refractivity contribution in [1.29, 1.82) is 0 Å². The lowest BCUT2D eigenvalue weighted by Gasteiger charge is -2.44. The van der Waals surface area contributed by atoms with Gasteiger partial charge in [0.1, 0.15) is 5.82 Å². The fraction of sp³-hybridized carbons (Fsp3) is 0.400. The van der Waals surface area contributed by atoms with E-state index < -0.39 is 0 Å². The second kappa shape index (κ2) is 7.72. The molecule has 0 amide bonds. The maximum atomic E-state index is 4.82. The third kappa shape index (κ3) is 3.45. The van der Waals surface area contributed by atoms with E-state index in [1.54, 1.807) is 0 Å². The minimum absolute atomic E-state index is 0.301. The van der Waals surface area contributed by atoms with Crippen LogP contribution in [0.15, 0.2) is 65.4 Å². The van der Waals surface area contributed by atoms with E-state index >= 15 is 0 Å². The molecule has 2 heteroatoms. The summed E-state index contributed by atoms with van der Waals surface area (Å²) >= 11 is 0. The molecule has 0 spiro atoms. The number of nitrogens with zero attached hydrogens (tertiary/aromatic N) is 2. The van der Waals surface area contributed by atoms with Crippen LogP contribution in [0.2, 0.25) is 0 Å². The summed E-state index contributed by atoms with van der Waals surface area (Å²) in [5.74, 6) is 2.04. The van der Waals surface area contributed by atoms with Gasteiger partial charge in [-0.1, -0.05) is 64.1 Å². The van der Waals surface area contributed by atoms with Crippen LogP contribution in [-0.4, -0.2) is 11.0 Å². The Labute approximate surface area is 164 Å².